The van der Waals surface area contributed by atoms with Crippen molar-refractivity contribution >= 4 is 29.0 Å². The first-order valence-electron chi connectivity index (χ1n) is 11.1. The average molecular weight is 483 g/mol. The number of aromatic amines is 1. The van der Waals surface area contributed by atoms with Gasteiger partial charge in [-0.15, -0.1) is 0 Å². The minimum absolute atomic E-state index is 0.118. The van der Waals surface area contributed by atoms with Gasteiger partial charge < -0.3 is 10.3 Å². The van der Waals surface area contributed by atoms with Gasteiger partial charge in [-0.2, -0.15) is 5.10 Å². The second kappa shape index (κ2) is 9.86. The van der Waals surface area contributed by atoms with Gasteiger partial charge in [-0.3, -0.25) is 19.1 Å². The number of amides is 1. The topological polar surface area (TPSA) is 97.6 Å². The van der Waals surface area contributed by atoms with Gasteiger partial charge in [0, 0.05) is 49.2 Å². The van der Waals surface area contributed by atoms with Crippen LogP contribution in [-0.4, -0.2) is 30.2 Å². The summed E-state index contributed by atoms with van der Waals surface area (Å²) in [6.45, 7) is 0.480. The third kappa shape index (κ3) is 4.80. The molecule has 0 aliphatic heterocycles. The van der Waals surface area contributed by atoms with Crippen molar-refractivity contribution in [2.75, 3.05) is 0 Å². The fourth-order valence-electron chi connectivity index (χ4n) is 3.90. The van der Waals surface area contributed by atoms with Gasteiger partial charge in [0.25, 0.3) is 5.56 Å². The van der Waals surface area contributed by atoms with Crippen molar-refractivity contribution in [1.29, 1.82) is 0 Å². The zero-order valence-corrected chi connectivity index (χ0v) is 19.5. The molecule has 1 amide bonds. The highest BCUT2D eigenvalue weighted by molar-refractivity contribution is 7.71. The van der Waals surface area contributed by atoms with Crippen molar-refractivity contribution in [1.82, 2.24) is 29.6 Å². The lowest BCUT2D eigenvalue weighted by Gasteiger charge is -2.09. The molecule has 35 heavy (non-hydrogen) atoms. The predicted molar refractivity (Wildman–Crippen MR) is 137 cm³/mol. The summed E-state index contributed by atoms with van der Waals surface area (Å²) in [5.41, 5.74) is 3.94. The monoisotopic (exact) mass is 482 g/mol. The number of hydrogen-bond acceptors (Lipinski definition) is 5. The summed E-state index contributed by atoms with van der Waals surface area (Å²) in [4.78, 5) is 32.6. The summed E-state index contributed by atoms with van der Waals surface area (Å²) >= 11 is 5.34. The van der Waals surface area contributed by atoms with Crippen LogP contribution in [0.2, 0.25) is 0 Å². The van der Waals surface area contributed by atoms with E-state index < -0.39 is 0 Å². The van der Waals surface area contributed by atoms with E-state index in [2.05, 4.69) is 15.3 Å². The highest BCUT2D eigenvalue weighted by atomic mass is 32.1. The molecule has 0 atom stereocenters. The van der Waals surface area contributed by atoms with Gasteiger partial charge in [-0.25, -0.2) is 4.68 Å². The lowest BCUT2D eigenvalue weighted by atomic mass is 10.1. The minimum atomic E-state index is -0.207. The van der Waals surface area contributed by atoms with Gasteiger partial charge >= 0.3 is 0 Å². The van der Waals surface area contributed by atoms with E-state index >= 15 is 0 Å². The molecule has 0 aliphatic carbocycles. The van der Waals surface area contributed by atoms with Crippen LogP contribution in [0.3, 0.4) is 0 Å². The maximum Gasteiger partial charge on any atom is 0.262 e. The quantitative estimate of drug-likeness (QED) is 0.342. The van der Waals surface area contributed by atoms with Crippen LogP contribution in [0.5, 0.6) is 0 Å². The fraction of sp³-hybridized carbons (Fsp3) is 0.115. The van der Waals surface area contributed by atoms with E-state index in [0.29, 0.717) is 22.2 Å². The Balaban J connectivity index is 1.33. The van der Waals surface area contributed by atoms with E-state index in [-0.39, 0.29) is 24.4 Å². The Morgan fingerprint density at radius 2 is 1.74 bits per heavy atom. The largest absolute Gasteiger partial charge is 0.352 e. The third-order valence-electron chi connectivity index (χ3n) is 5.69. The van der Waals surface area contributed by atoms with Crippen LogP contribution in [0.1, 0.15) is 12.0 Å². The molecule has 9 heteroatoms. The van der Waals surface area contributed by atoms with Gasteiger partial charge in [0.15, 0.2) is 4.77 Å². The lowest BCUT2D eigenvalue weighted by Crippen LogP contribution is -2.28. The Labute approximate surface area is 205 Å². The van der Waals surface area contributed by atoms with E-state index in [1.165, 1.54) is 4.57 Å². The second-order valence-electron chi connectivity index (χ2n) is 7.98. The maximum absolute atomic E-state index is 12.8. The summed E-state index contributed by atoms with van der Waals surface area (Å²) in [6.07, 6.45) is 5.45. The summed E-state index contributed by atoms with van der Waals surface area (Å²) in [6, 6.07) is 20.7. The Hall–Kier alpha value is -4.37. The molecule has 0 bridgehead atoms. The maximum atomic E-state index is 12.8. The number of benzene rings is 2. The number of nitrogens with zero attached hydrogens (tertiary/aromatic N) is 4. The molecular weight excluding hydrogens is 460 g/mol. The number of carbonyl (C=O) groups excluding carboxylic acids is 1. The Morgan fingerprint density at radius 1 is 1.00 bits per heavy atom. The predicted octanol–water partition coefficient (Wildman–Crippen LogP) is 4.01. The number of aromatic nitrogens is 5. The molecule has 8 nitrogen and oxygen atoms in total. The van der Waals surface area contributed by atoms with Crippen molar-refractivity contribution in [2.24, 2.45) is 0 Å². The Kier molecular flexibility index (Phi) is 6.32. The number of para-hydroxylation sites is 2. The van der Waals surface area contributed by atoms with Crippen molar-refractivity contribution in [3.63, 3.8) is 0 Å². The van der Waals surface area contributed by atoms with E-state index in [1.54, 1.807) is 35.3 Å². The molecule has 0 saturated heterocycles. The molecule has 0 saturated carbocycles. The molecule has 2 aromatic carbocycles. The zero-order chi connectivity index (χ0) is 24.2. The van der Waals surface area contributed by atoms with Crippen molar-refractivity contribution in [2.45, 2.75) is 19.5 Å². The standard InChI is InChI=1S/C26H22N6O2S/c33-23(12-15-31-25(34)21-8-4-5-9-22(21)29-26(31)35)28-16-19-17-32(20-6-2-1-3-7-20)30-24(19)18-10-13-27-14-11-18/h1-11,13-14,17H,12,15-16H2,(H,28,33)(H,29,35). The molecule has 5 aromatic rings. The summed E-state index contributed by atoms with van der Waals surface area (Å²) in [5.74, 6) is -0.187. The van der Waals surface area contributed by atoms with Crippen LogP contribution < -0.4 is 10.9 Å². The lowest BCUT2D eigenvalue weighted by molar-refractivity contribution is -0.121. The SMILES string of the molecule is O=C(CCn1c(=S)[nH]c2ccccc2c1=O)NCc1cn(-c2ccccc2)nc1-c1ccncc1. The summed E-state index contributed by atoms with van der Waals surface area (Å²) in [5, 5.41) is 8.24. The molecule has 3 heterocycles. The number of nitrogens with one attached hydrogen (secondary N) is 2. The van der Waals surface area contributed by atoms with E-state index in [4.69, 9.17) is 17.3 Å². The third-order valence-corrected chi connectivity index (χ3v) is 6.01. The molecule has 0 fully saturated rings. The number of H-pyrrole nitrogens is 1. The van der Waals surface area contributed by atoms with Crippen LogP contribution in [0.4, 0.5) is 0 Å². The van der Waals surface area contributed by atoms with E-state index in [1.807, 2.05) is 54.7 Å². The van der Waals surface area contributed by atoms with Gasteiger partial charge in [0.05, 0.1) is 22.3 Å². The number of pyridine rings is 1. The normalized spacial score (nSPS) is 11.0. The zero-order valence-electron chi connectivity index (χ0n) is 18.7. The summed E-state index contributed by atoms with van der Waals surface area (Å²) in [7, 11) is 0. The Bertz CT molecular complexity index is 1610. The molecule has 174 valence electrons. The van der Waals surface area contributed by atoms with Crippen LogP contribution in [0.15, 0.2) is 90.1 Å². The summed E-state index contributed by atoms with van der Waals surface area (Å²) < 4.78 is 3.52. The molecular formula is C26H22N6O2S. The molecule has 0 unspecified atom stereocenters. The molecule has 5 rings (SSSR count). The first-order valence-corrected chi connectivity index (χ1v) is 11.5. The van der Waals surface area contributed by atoms with Gasteiger partial charge in [-0.05, 0) is 48.6 Å². The smallest absolute Gasteiger partial charge is 0.262 e. The van der Waals surface area contributed by atoms with Crippen molar-refractivity contribution in [3.05, 3.63) is 106 Å². The fourth-order valence-corrected chi connectivity index (χ4v) is 4.19. The first-order chi connectivity index (χ1) is 17.1. The van der Waals surface area contributed by atoms with Crippen LogP contribution in [0, 0.1) is 4.77 Å². The van der Waals surface area contributed by atoms with Crippen LogP contribution in [-0.2, 0) is 17.9 Å². The second-order valence-corrected chi connectivity index (χ2v) is 8.36. The van der Waals surface area contributed by atoms with Gasteiger partial charge in [0.1, 0.15) is 0 Å². The molecule has 0 aliphatic rings. The van der Waals surface area contributed by atoms with Crippen molar-refractivity contribution < 1.29 is 4.79 Å². The highest BCUT2D eigenvalue weighted by Crippen LogP contribution is 2.23. The number of carbonyl (C=O) groups is 1. The molecule has 0 radical (unpaired) electrons. The average Bonchev–Trinajstić information content (AvgIpc) is 3.33. The van der Waals surface area contributed by atoms with Gasteiger partial charge in [0.2, 0.25) is 5.91 Å². The first kappa shape index (κ1) is 22.4. The van der Waals surface area contributed by atoms with Crippen molar-refractivity contribution in [3.8, 4) is 16.9 Å². The highest BCUT2D eigenvalue weighted by Gasteiger charge is 2.14. The van der Waals surface area contributed by atoms with Crippen LogP contribution in [0.25, 0.3) is 27.8 Å². The number of fused-ring (bicyclic) bond motifs is 1. The molecule has 0 spiro atoms. The van der Waals surface area contributed by atoms with E-state index in [9.17, 15) is 9.59 Å². The Morgan fingerprint density at radius 3 is 2.54 bits per heavy atom. The molecule has 2 N–H and O–H groups in total. The molecule has 3 aromatic heterocycles. The van der Waals surface area contributed by atoms with Gasteiger partial charge in [-0.1, -0.05) is 30.3 Å². The number of hydrogen-bond donors (Lipinski definition) is 2. The van der Waals surface area contributed by atoms with Crippen LogP contribution >= 0.6 is 12.2 Å². The number of rotatable bonds is 7. The minimum Gasteiger partial charge on any atom is -0.352 e. The van der Waals surface area contributed by atoms with E-state index in [0.717, 1.165) is 22.5 Å².